The van der Waals surface area contributed by atoms with Crippen molar-refractivity contribution in [2.24, 2.45) is 5.11 Å². The average molecular weight is 261 g/mol. The van der Waals surface area contributed by atoms with Gasteiger partial charge in [0.15, 0.2) is 11.6 Å². The number of hydrogen-bond acceptors (Lipinski definition) is 2. The van der Waals surface area contributed by atoms with Gasteiger partial charge >= 0.3 is 6.36 Å². The quantitative estimate of drug-likeness (QED) is 0.349. The molecule has 8 heteroatoms. The lowest BCUT2D eigenvalue weighted by atomic mass is 10.2. The van der Waals surface area contributed by atoms with Crippen LogP contribution < -0.4 is 4.74 Å². The number of nitrogens with zero attached hydrogens (tertiary/aromatic N) is 3. The van der Waals surface area contributed by atoms with Crippen molar-refractivity contribution in [3.8, 4) is 5.75 Å². The van der Waals surface area contributed by atoms with Crippen LogP contribution in [0.5, 0.6) is 5.75 Å². The number of alkyl halides is 3. The Kier molecular flexibility index (Phi) is 4.56. The summed E-state index contributed by atoms with van der Waals surface area (Å²) in [5.41, 5.74) is 8.32. The number of hydrogen-bond donors (Lipinski definition) is 0. The van der Waals surface area contributed by atoms with E-state index in [-0.39, 0.29) is 6.54 Å². The van der Waals surface area contributed by atoms with E-state index >= 15 is 0 Å². The minimum Gasteiger partial charge on any atom is -0.403 e. The summed E-state index contributed by atoms with van der Waals surface area (Å²) in [6.07, 6.45) is -2.08. The lowest BCUT2D eigenvalue weighted by Crippen LogP contribution is -2.17. The Morgan fingerprint density at radius 3 is 2.67 bits per heavy atom. The molecule has 96 valence electrons. The molecule has 18 heavy (non-hydrogen) atoms. The van der Waals surface area contributed by atoms with Crippen molar-refractivity contribution in [3.63, 3.8) is 0 Å². The third kappa shape index (κ3) is 4.75. The topological polar surface area (TPSA) is 58.0 Å². The lowest BCUT2D eigenvalue weighted by molar-refractivity contribution is -0.275. The van der Waals surface area contributed by atoms with E-state index in [9.17, 15) is 17.6 Å². The van der Waals surface area contributed by atoms with Crippen LogP contribution in [-0.2, 0) is 0 Å². The SMILES string of the molecule is [N-]=[N+]=NCC=Cc1ccc(OC(F)(F)F)c(F)c1. The highest BCUT2D eigenvalue weighted by Gasteiger charge is 2.32. The van der Waals surface area contributed by atoms with Crippen LogP contribution in [0, 0.1) is 5.82 Å². The van der Waals surface area contributed by atoms with Gasteiger partial charge in [0.2, 0.25) is 0 Å². The van der Waals surface area contributed by atoms with E-state index in [4.69, 9.17) is 5.53 Å². The summed E-state index contributed by atoms with van der Waals surface area (Å²) in [5, 5.41) is 3.20. The molecule has 0 unspecified atom stereocenters. The molecular formula is C10H7F4N3O. The van der Waals surface area contributed by atoms with E-state index in [1.807, 2.05) is 0 Å². The molecular weight excluding hydrogens is 254 g/mol. The normalized spacial score (nSPS) is 11.3. The fourth-order valence-electron chi connectivity index (χ4n) is 1.10. The predicted octanol–water partition coefficient (Wildman–Crippen LogP) is 4.05. The zero-order chi connectivity index (χ0) is 13.6. The first-order valence-electron chi connectivity index (χ1n) is 4.65. The van der Waals surface area contributed by atoms with E-state index in [0.717, 1.165) is 12.1 Å². The van der Waals surface area contributed by atoms with Crippen LogP contribution in [0.2, 0.25) is 0 Å². The van der Waals surface area contributed by atoms with Gasteiger partial charge in [0.25, 0.3) is 0 Å². The molecule has 0 saturated heterocycles. The molecule has 0 aromatic heterocycles. The molecule has 0 fully saturated rings. The molecule has 0 N–H and O–H groups in total. The summed E-state index contributed by atoms with van der Waals surface area (Å²) in [5.74, 6) is -2.02. The number of halogens is 4. The molecule has 4 nitrogen and oxygen atoms in total. The van der Waals surface area contributed by atoms with Crippen molar-refractivity contribution in [1.29, 1.82) is 0 Å². The summed E-state index contributed by atoms with van der Waals surface area (Å²) in [6.45, 7) is 0.0684. The fraction of sp³-hybridized carbons (Fsp3) is 0.200. The Balaban J connectivity index is 2.79. The molecule has 0 heterocycles. The number of rotatable bonds is 4. The van der Waals surface area contributed by atoms with E-state index in [2.05, 4.69) is 14.8 Å². The zero-order valence-electron chi connectivity index (χ0n) is 8.86. The van der Waals surface area contributed by atoms with E-state index in [1.165, 1.54) is 18.2 Å². The minimum absolute atomic E-state index is 0.0684. The number of azide groups is 1. The standard InChI is InChI=1S/C10H7F4N3O/c11-8-6-7(2-1-5-16-17-15)3-4-9(8)18-10(12,13)14/h1-4,6H,5H2. The van der Waals surface area contributed by atoms with Crippen LogP contribution in [0.25, 0.3) is 16.5 Å². The van der Waals surface area contributed by atoms with Gasteiger partial charge in [-0.1, -0.05) is 23.3 Å². The number of benzene rings is 1. The summed E-state index contributed by atoms with van der Waals surface area (Å²) < 4.78 is 52.3. The Labute approximate surface area is 99.1 Å². The highest BCUT2D eigenvalue weighted by Crippen LogP contribution is 2.26. The second-order valence-corrected chi connectivity index (χ2v) is 3.05. The third-order valence-corrected chi connectivity index (χ3v) is 1.74. The van der Waals surface area contributed by atoms with Crippen molar-refractivity contribution < 1.29 is 22.3 Å². The molecule has 1 aromatic rings. The summed E-state index contributed by atoms with van der Waals surface area (Å²) >= 11 is 0. The molecule has 0 spiro atoms. The molecule has 0 aliphatic carbocycles. The van der Waals surface area contributed by atoms with Crippen molar-refractivity contribution in [1.82, 2.24) is 0 Å². The number of ether oxygens (including phenoxy) is 1. The van der Waals surface area contributed by atoms with Gasteiger partial charge in [0.05, 0.1) is 0 Å². The van der Waals surface area contributed by atoms with Crippen LogP contribution in [0.3, 0.4) is 0 Å². The molecule has 0 amide bonds. The predicted molar refractivity (Wildman–Crippen MR) is 56.1 cm³/mol. The highest BCUT2D eigenvalue weighted by molar-refractivity contribution is 5.51. The van der Waals surface area contributed by atoms with Gasteiger partial charge in [-0.2, -0.15) is 0 Å². The molecule has 0 atom stereocenters. The van der Waals surface area contributed by atoms with Crippen LogP contribution in [0.1, 0.15) is 5.56 Å². The third-order valence-electron chi connectivity index (χ3n) is 1.74. The maximum absolute atomic E-state index is 13.2. The first-order chi connectivity index (χ1) is 8.42. The molecule has 1 rings (SSSR count). The van der Waals surface area contributed by atoms with Gasteiger partial charge in [-0.25, -0.2) is 4.39 Å². The van der Waals surface area contributed by atoms with Crippen molar-refractivity contribution in [3.05, 3.63) is 46.1 Å². The summed E-state index contributed by atoms with van der Waals surface area (Å²) in [7, 11) is 0. The monoisotopic (exact) mass is 261 g/mol. The molecule has 0 radical (unpaired) electrons. The lowest BCUT2D eigenvalue weighted by Gasteiger charge is -2.09. The summed E-state index contributed by atoms with van der Waals surface area (Å²) in [4.78, 5) is 2.49. The zero-order valence-corrected chi connectivity index (χ0v) is 8.86. The van der Waals surface area contributed by atoms with Crippen molar-refractivity contribution >= 4 is 6.08 Å². The second-order valence-electron chi connectivity index (χ2n) is 3.05. The van der Waals surface area contributed by atoms with Gasteiger partial charge in [-0.05, 0) is 23.2 Å². The smallest absolute Gasteiger partial charge is 0.403 e. The summed E-state index contributed by atoms with van der Waals surface area (Å²) in [6, 6.07) is 3.00. The van der Waals surface area contributed by atoms with E-state index < -0.39 is 17.9 Å². The molecule has 0 bridgehead atoms. The second kappa shape index (κ2) is 5.92. The Morgan fingerprint density at radius 2 is 2.11 bits per heavy atom. The van der Waals surface area contributed by atoms with Crippen molar-refractivity contribution in [2.75, 3.05) is 6.54 Å². The molecule has 1 aromatic carbocycles. The first kappa shape index (κ1) is 13.9. The maximum atomic E-state index is 13.2. The fourth-order valence-corrected chi connectivity index (χ4v) is 1.10. The van der Waals surface area contributed by atoms with Crippen LogP contribution in [-0.4, -0.2) is 12.9 Å². The molecule has 0 aliphatic rings. The molecule has 0 saturated carbocycles. The Bertz CT molecular complexity index is 492. The largest absolute Gasteiger partial charge is 0.573 e. The Hall–Kier alpha value is -2.21. The maximum Gasteiger partial charge on any atom is 0.573 e. The first-order valence-corrected chi connectivity index (χ1v) is 4.65. The van der Waals surface area contributed by atoms with Crippen LogP contribution in [0.4, 0.5) is 17.6 Å². The van der Waals surface area contributed by atoms with Gasteiger partial charge in [0.1, 0.15) is 0 Å². The average Bonchev–Trinajstić information content (AvgIpc) is 2.26. The van der Waals surface area contributed by atoms with Gasteiger partial charge in [-0.15, -0.1) is 13.2 Å². The highest BCUT2D eigenvalue weighted by atomic mass is 19.4. The van der Waals surface area contributed by atoms with Crippen molar-refractivity contribution in [2.45, 2.75) is 6.36 Å². The van der Waals surface area contributed by atoms with Crippen LogP contribution >= 0.6 is 0 Å². The minimum atomic E-state index is -4.93. The van der Waals surface area contributed by atoms with Gasteiger partial charge in [0, 0.05) is 11.5 Å². The van der Waals surface area contributed by atoms with Crippen LogP contribution in [0.15, 0.2) is 29.4 Å². The van der Waals surface area contributed by atoms with E-state index in [0.29, 0.717) is 5.56 Å². The van der Waals surface area contributed by atoms with Gasteiger partial charge < -0.3 is 4.74 Å². The Morgan fingerprint density at radius 1 is 1.39 bits per heavy atom. The van der Waals surface area contributed by atoms with Gasteiger partial charge in [-0.3, -0.25) is 0 Å². The molecule has 0 aliphatic heterocycles. The van der Waals surface area contributed by atoms with E-state index in [1.54, 1.807) is 0 Å².